The maximum absolute atomic E-state index is 13.5. The van der Waals surface area contributed by atoms with Crippen molar-refractivity contribution in [2.45, 2.75) is 58.3 Å². The monoisotopic (exact) mass is 527 g/mol. The molecule has 1 aliphatic rings. The van der Waals surface area contributed by atoms with Crippen LogP contribution in [0.4, 0.5) is 9.18 Å². The van der Waals surface area contributed by atoms with Crippen LogP contribution in [0.3, 0.4) is 0 Å². The Kier molecular flexibility index (Phi) is 7.87. The number of pyridine rings is 1. The van der Waals surface area contributed by atoms with Crippen LogP contribution in [-0.2, 0) is 9.53 Å². The Hall–Kier alpha value is -3.39. The van der Waals surface area contributed by atoms with Gasteiger partial charge in [-0.15, -0.1) is 0 Å². The number of benzene rings is 2. The molecule has 1 fully saturated rings. The average molecular weight is 528 g/mol. The molecule has 0 spiro atoms. The van der Waals surface area contributed by atoms with Crippen LogP contribution < -0.4 is 10.1 Å². The van der Waals surface area contributed by atoms with Crippen LogP contribution in [0, 0.1) is 5.82 Å². The maximum atomic E-state index is 13.5. The molecule has 7 nitrogen and oxygen atoms in total. The highest BCUT2D eigenvalue weighted by Crippen LogP contribution is 2.34. The predicted molar refractivity (Wildman–Crippen MR) is 141 cm³/mol. The first-order valence-electron chi connectivity index (χ1n) is 12.3. The van der Waals surface area contributed by atoms with Crippen molar-refractivity contribution in [3.63, 3.8) is 0 Å². The topological polar surface area (TPSA) is 80.8 Å². The molecule has 0 bridgehead atoms. The van der Waals surface area contributed by atoms with Crippen molar-refractivity contribution in [3.8, 4) is 16.9 Å². The van der Waals surface area contributed by atoms with Gasteiger partial charge in [0.2, 0.25) is 0 Å². The van der Waals surface area contributed by atoms with Gasteiger partial charge in [-0.2, -0.15) is 0 Å². The fourth-order valence-electron chi connectivity index (χ4n) is 4.42. The van der Waals surface area contributed by atoms with Crippen molar-refractivity contribution in [2.24, 2.45) is 0 Å². The quantitative estimate of drug-likeness (QED) is 0.441. The third kappa shape index (κ3) is 6.68. The lowest BCUT2D eigenvalue weighted by Gasteiger charge is -2.34. The first-order chi connectivity index (χ1) is 17.5. The van der Waals surface area contributed by atoms with Crippen molar-refractivity contribution < 1.29 is 23.5 Å². The minimum atomic E-state index is -0.729. The van der Waals surface area contributed by atoms with Gasteiger partial charge in [-0.1, -0.05) is 11.6 Å². The molecule has 2 aromatic carbocycles. The molecule has 196 valence electrons. The van der Waals surface area contributed by atoms with Crippen molar-refractivity contribution in [2.75, 3.05) is 13.1 Å². The smallest absolute Gasteiger partial charge is 0.407 e. The second-order valence-electron chi connectivity index (χ2n) is 10.2. The zero-order valence-electron chi connectivity index (χ0n) is 21.4. The number of carbonyl (C=O) groups is 2. The summed E-state index contributed by atoms with van der Waals surface area (Å²) in [5.41, 5.74) is 1.60. The molecule has 2 amide bonds. The van der Waals surface area contributed by atoms with E-state index in [0.29, 0.717) is 34.9 Å². The third-order valence-electron chi connectivity index (χ3n) is 6.05. The first kappa shape index (κ1) is 26.7. The van der Waals surface area contributed by atoms with Gasteiger partial charge in [-0.3, -0.25) is 9.78 Å². The third-order valence-corrected chi connectivity index (χ3v) is 6.36. The molecule has 1 unspecified atom stereocenters. The Morgan fingerprint density at radius 2 is 1.95 bits per heavy atom. The van der Waals surface area contributed by atoms with Gasteiger partial charge in [0.15, 0.2) is 6.10 Å². The highest BCUT2D eigenvalue weighted by atomic mass is 35.5. The summed E-state index contributed by atoms with van der Waals surface area (Å²) in [6.45, 7) is 8.13. The van der Waals surface area contributed by atoms with Crippen LogP contribution in [0.2, 0.25) is 5.02 Å². The molecule has 37 heavy (non-hydrogen) atoms. The van der Waals surface area contributed by atoms with Gasteiger partial charge >= 0.3 is 6.09 Å². The maximum Gasteiger partial charge on any atom is 0.407 e. The van der Waals surface area contributed by atoms with Crippen LogP contribution in [-0.4, -0.2) is 52.7 Å². The molecule has 1 N–H and O–H groups in total. The summed E-state index contributed by atoms with van der Waals surface area (Å²) < 4.78 is 24.8. The molecule has 3 aromatic rings. The van der Waals surface area contributed by atoms with Crippen molar-refractivity contribution in [1.82, 2.24) is 15.2 Å². The molecule has 0 aliphatic carbocycles. The summed E-state index contributed by atoms with van der Waals surface area (Å²) in [6.07, 6.45) is 1.98. The van der Waals surface area contributed by atoms with E-state index in [9.17, 15) is 14.0 Å². The van der Waals surface area contributed by atoms with Gasteiger partial charge in [-0.25, -0.2) is 9.18 Å². The second kappa shape index (κ2) is 10.9. The number of halogens is 2. The second-order valence-corrected chi connectivity index (χ2v) is 10.6. The number of ether oxygens (including phenoxy) is 2. The van der Waals surface area contributed by atoms with E-state index in [1.165, 1.54) is 12.1 Å². The van der Waals surface area contributed by atoms with E-state index in [4.69, 9.17) is 21.1 Å². The van der Waals surface area contributed by atoms with E-state index >= 15 is 0 Å². The minimum absolute atomic E-state index is 0.157. The van der Waals surface area contributed by atoms with Crippen molar-refractivity contribution in [3.05, 3.63) is 59.5 Å². The molecule has 0 saturated carbocycles. The number of nitrogens with one attached hydrogen (secondary N) is 1. The normalized spacial score (nSPS) is 16.8. The molecular formula is C28H31ClFN3O4. The van der Waals surface area contributed by atoms with Crippen LogP contribution >= 0.6 is 11.6 Å². The van der Waals surface area contributed by atoms with Gasteiger partial charge in [0, 0.05) is 42.3 Å². The zero-order chi connectivity index (χ0) is 26.7. The van der Waals surface area contributed by atoms with E-state index in [2.05, 4.69) is 10.3 Å². The van der Waals surface area contributed by atoms with Crippen LogP contribution in [0.5, 0.6) is 5.75 Å². The van der Waals surface area contributed by atoms with Crippen LogP contribution in [0.25, 0.3) is 22.0 Å². The average Bonchev–Trinajstić information content (AvgIpc) is 2.82. The van der Waals surface area contributed by atoms with Gasteiger partial charge in [0.25, 0.3) is 5.91 Å². The lowest BCUT2D eigenvalue weighted by molar-refractivity contribution is -0.139. The van der Waals surface area contributed by atoms with E-state index in [0.717, 1.165) is 23.8 Å². The van der Waals surface area contributed by atoms with Crippen molar-refractivity contribution >= 4 is 34.5 Å². The zero-order valence-corrected chi connectivity index (χ0v) is 22.1. The van der Waals surface area contributed by atoms with Gasteiger partial charge in [0.05, 0.1) is 10.5 Å². The number of fused-ring (bicyclic) bond motifs is 1. The summed E-state index contributed by atoms with van der Waals surface area (Å²) >= 11 is 6.28. The molecule has 0 radical (unpaired) electrons. The standard InChI is InChI=1S/C28H31ClFN3O4/c1-17(26(34)33-13-5-6-19(16-33)32-27(35)37-28(2,3)4)36-20-8-10-23-21(11-12-31-25(23)15-20)22-9-7-18(30)14-24(22)29/h7-12,14-15,17,19H,5-6,13,16H2,1-4H3,(H,32,35)/t17?,19-/m0/s1. The number of hydrogen-bond donors (Lipinski definition) is 1. The molecule has 4 rings (SSSR count). The Morgan fingerprint density at radius 3 is 2.68 bits per heavy atom. The Labute approximate surface area is 220 Å². The summed E-state index contributed by atoms with van der Waals surface area (Å²) in [5.74, 6) is -0.0543. The van der Waals surface area contributed by atoms with E-state index in [1.54, 1.807) is 36.2 Å². The van der Waals surface area contributed by atoms with E-state index in [-0.39, 0.29) is 11.9 Å². The molecule has 2 atom stereocenters. The van der Waals surface area contributed by atoms with Gasteiger partial charge < -0.3 is 19.7 Å². The Bertz CT molecular complexity index is 1310. The highest BCUT2D eigenvalue weighted by Gasteiger charge is 2.29. The molecule has 1 aromatic heterocycles. The Morgan fingerprint density at radius 1 is 1.16 bits per heavy atom. The molecule has 1 saturated heterocycles. The summed E-state index contributed by atoms with van der Waals surface area (Å²) in [6, 6.07) is 11.3. The minimum Gasteiger partial charge on any atom is -0.481 e. The van der Waals surface area contributed by atoms with E-state index in [1.807, 2.05) is 32.9 Å². The molecular weight excluding hydrogens is 497 g/mol. The van der Waals surface area contributed by atoms with Gasteiger partial charge in [0.1, 0.15) is 17.2 Å². The van der Waals surface area contributed by atoms with Crippen LogP contribution in [0.15, 0.2) is 48.7 Å². The summed E-state index contributed by atoms with van der Waals surface area (Å²) in [5, 5.41) is 4.00. The van der Waals surface area contributed by atoms with Gasteiger partial charge in [-0.05, 0) is 82.5 Å². The largest absolute Gasteiger partial charge is 0.481 e. The number of likely N-dealkylation sites (tertiary alicyclic amines) is 1. The highest BCUT2D eigenvalue weighted by molar-refractivity contribution is 6.33. The number of carbonyl (C=O) groups excluding carboxylic acids is 2. The lowest BCUT2D eigenvalue weighted by Crippen LogP contribution is -2.52. The fourth-order valence-corrected chi connectivity index (χ4v) is 4.69. The predicted octanol–water partition coefficient (Wildman–Crippen LogP) is 5.98. The number of piperidine rings is 1. The molecule has 1 aliphatic heterocycles. The summed E-state index contributed by atoms with van der Waals surface area (Å²) in [4.78, 5) is 31.4. The number of hydrogen-bond acceptors (Lipinski definition) is 5. The lowest BCUT2D eigenvalue weighted by atomic mass is 10.0. The number of rotatable bonds is 5. The SMILES string of the molecule is CC(Oc1ccc2c(-c3ccc(F)cc3Cl)ccnc2c1)C(=O)N1CCC[C@H](NC(=O)OC(C)(C)C)C1. The number of amides is 2. The van der Waals surface area contributed by atoms with Crippen molar-refractivity contribution in [1.29, 1.82) is 0 Å². The fraction of sp³-hybridized carbons (Fsp3) is 0.393. The number of nitrogens with zero attached hydrogens (tertiary/aromatic N) is 2. The molecule has 9 heteroatoms. The molecule has 2 heterocycles. The number of alkyl carbamates (subject to hydrolysis) is 1. The summed E-state index contributed by atoms with van der Waals surface area (Å²) in [7, 11) is 0. The van der Waals surface area contributed by atoms with Crippen LogP contribution in [0.1, 0.15) is 40.5 Å². The van der Waals surface area contributed by atoms with E-state index < -0.39 is 23.6 Å². The Balaban J connectivity index is 1.43. The number of aromatic nitrogens is 1. The first-order valence-corrected chi connectivity index (χ1v) is 12.7.